The second-order valence-electron chi connectivity index (χ2n) is 10.2. The van der Waals surface area contributed by atoms with Crippen LogP contribution in [0.3, 0.4) is 0 Å². The fraction of sp³-hybridized carbons (Fsp3) is 0.600. The summed E-state index contributed by atoms with van der Waals surface area (Å²) in [6, 6.07) is 15.3. The molecule has 2 aromatic carbocycles. The second-order valence-corrected chi connectivity index (χ2v) is 10.2. The monoisotopic (exact) mass is 512 g/mol. The van der Waals surface area contributed by atoms with Crippen LogP contribution < -0.4 is 15.0 Å². The fourth-order valence-electron chi connectivity index (χ4n) is 5.20. The summed E-state index contributed by atoms with van der Waals surface area (Å²) in [7, 11) is 3.49. The van der Waals surface area contributed by atoms with Crippen LogP contribution in [0.4, 0.5) is 5.69 Å². The number of rotatable bonds is 14. The first-order valence-corrected chi connectivity index (χ1v) is 13.7. The molecule has 0 radical (unpaired) electrons. The lowest BCUT2D eigenvalue weighted by Gasteiger charge is -2.33. The molecule has 0 unspecified atom stereocenters. The molecule has 0 saturated carbocycles. The van der Waals surface area contributed by atoms with E-state index in [9.17, 15) is 0 Å². The van der Waals surface area contributed by atoms with Crippen LogP contribution in [0.5, 0.6) is 5.75 Å². The van der Waals surface area contributed by atoms with E-state index < -0.39 is 0 Å². The predicted octanol–water partition coefficient (Wildman–Crippen LogP) is 4.38. The molecular weight excluding hydrogens is 468 g/mol. The quantitative estimate of drug-likeness (QED) is 0.377. The van der Waals surface area contributed by atoms with Gasteiger partial charge in [-0.2, -0.15) is 0 Å². The summed E-state index contributed by atoms with van der Waals surface area (Å²) < 4.78 is 28.7. The summed E-state index contributed by atoms with van der Waals surface area (Å²) in [5, 5.41) is 3.52. The summed E-state index contributed by atoms with van der Waals surface area (Å²) >= 11 is 0. The molecule has 2 heterocycles. The Hall–Kier alpha value is -2.16. The number of nitrogens with zero attached hydrogens (tertiary/aromatic N) is 1. The number of methoxy groups -OCH3 is 2. The van der Waals surface area contributed by atoms with Crippen molar-refractivity contribution in [2.24, 2.45) is 5.92 Å². The molecule has 0 aliphatic carbocycles. The molecule has 37 heavy (non-hydrogen) atoms. The molecule has 1 N–H and O–H groups in total. The number of nitrogens with one attached hydrogen (secondary N) is 1. The summed E-state index contributed by atoms with van der Waals surface area (Å²) in [5.41, 5.74) is 4.88. The van der Waals surface area contributed by atoms with Crippen molar-refractivity contribution in [1.82, 2.24) is 5.32 Å². The Morgan fingerprint density at radius 1 is 1.03 bits per heavy atom. The number of anilines is 1. The van der Waals surface area contributed by atoms with E-state index in [2.05, 4.69) is 59.6 Å². The zero-order valence-corrected chi connectivity index (χ0v) is 22.7. The molecule has 0 amide bonds. The van der Waals surface area contributed by atoms with Gasteiger partial charge in [0.2, 0.25) is 0 Å². The van der Waals surface area contributed by atoms with Gasteiger partial charge in [-0.3, -0.25) is 0 Å². The minimum atomic E-state index is 0.135. The average Bonchev–Trinajstić information content (AvgIpc) is 2.93. The Morgan fingerprint density at radius 2 is 1.86 bits per heavy atom. The van der Waals surface area contributed by atoms with Crippen LogP contribution in [-0.4, -0.2) is 72.9 Å². The zero-order chi connectivity index (χ0) is 25.9. The highest BCUT2D eigenvalue weighted by molar-refractivity contribution is 5.61. The fourth-order valence-corrected chi connectivity index (χ4v) is 5.20. The molecule has 4 rings (SSSR count). The minimum Gasteiger partial charge on any atom is -0.490 e. The first-order chi connectivity index (χ1) is 18.2. The highest BCUT2D eigenvalue weighted by atomic mass is 16.5. The second kappa shape index (κ2) is 14.7. The van der Waals surface area contributed by atoms with Crippen molar-refractivity contribution in [3.05, 3.63) is 59.2 Å². The number of piperidine rings is 1. The predicted molar refractivity (Wildman–Crippen MR) is 147 cm³/mol. The van der Waals surface area contributed by atoms with Gasteiger partial charge in [0.15, 0.2) is 0 Å². The third-order valence-electron chi connectivity index (χ3n) is 7.18. The molecule has 1 saturated heterocycles. The highest BCUT2D eigenvalue weighted by Crippen LogP contribution is 2.34. The third-order valence-corrected chi connectivity index (χ3v) is 7.18. The minimum absolute atomic E-state index is 0.135. The van der Waals surface area contributed by atoms with Crippen molar-refractivity contribution in [2.75, 3.05) is 71.7 Å². The summed E-state index contributed by atoms with van der Waals surface area (Å²) in [6.45, 7) is 10.0. The van der Waals surface area contributed by atoms with E-state index in [0.29, 0.717) is 31.7 Å². The molecular formula is C30H44N2O5. The standard InChI is InChI=1S/C30H44N2O5/c1-23(19-34-3)20-35-21-24-5-8-26(9-6-24)27-11-12-31-18-30(27)37-22-25-7-10-29-28(17-25)32(14-16-36-29)13-4-15-33-2/h5-10,17,23,27,30-31H,4,11-16,18-22H2,1-3H3/t23-,27+,30-/m0/s1. The maximum absolute atomic E-state index is 6.53. The van der Waals surface area contributed by atoms with Crippen molar-refractivity contribution in [3.63, 3.8) is 0 Å². The first-order valence-electron chi connectivity index (χ1n) is 13.7. The molecule has 2 aromatic rings. The smallest absolute Gasteiger partial charge is 0.142 e. The van der Waals surface area contributed by atoms with Crippen molar-refractivity contribution < 1.29 is 23.7 Å². The van der Waals surface area contributed by atoms with E-state index in [-0.39, 0.29) is 6.10 Å². The zero-order valence-electron chi connectivity index (χ0n) is 22.7. The molecule has 1 fully saturated rings. The molecule has 0 spiro atoms. The van der Waals surface area contributed by atoms with Crippen molar-refractivity contribution >= 4 is 5.69 Å². The molecule has 2 aliphatic heterocycles. The van der Waals surface area contributed by atoms with Crippen molar-refractivity contribution in [3.8, 4) is 5.75 Å². The van der Waals surface area contributed by atoms with Gasteiger partial charge in [-0.15, -0.1) is 0 Å². The van der Waals surface area contributed by atoms with Crippen LogP contribution in [-0.2, 0) is 32.2 Å². The molecule has 0 bridgehead atoms. The molecule has 2 aliphatic rings. The Labute approximate surface area is 222 Å². The van der Waals surface area contributed by atoms with E-state index in [1.807, 2.05) is 0 Å². The van der Waals surface area contributed by atoms with Gasteiger partial charge in [-0.05, 0) is 48.2 Å². The topological polar surface area (TPSA) is 61.4 Å². The summed E-state index contributed by atoms with van der Waals surface area (Å²) in [6.07, 6.45) is 2.21. The number of benzene rings is 2. The lowest BCUT2D eigenvalue weighted by molar-refractivity contribution is 0.0106. The van der Waals surface area contributed by atoms with E-state index >= 15 is 0 Å². The normalized spacial score (nSPS) is 20.4. The van der Waals surface area contributed by atoms with Gasteiger partial charge < -0.3 is 33.9 Å². The Kier molecular flexibility index (Phi) is 11.1. The number of hydrogen-bond acceptors (Lipinski definition) is 7. The van der Waals surface area contributed by atoms with Gasteiger partial charge in [0.05, 0.1) is 44.8 Å². The first kappa shape index (κ1) is 27.9. The van der Waals surface area contributed by atoms with Crippen LogP contribution >= 0.6 is 0 Å². The van der Waals surface area contributed by atoms with Gasteiger partial charge in [-0.25, -0.2) is 0 Å². The maximum Gasteiger partial charge on any atom is 0.142 e. The van der Waals surface area contributed by atoms with Gasteiger partial charge in [-0.1, -0.05) is 37.3 Å². The van der Waals surface area contributed by atoms with E-state index in [1.54, 1.807) is 14.2 Å². The van der Waals surface area contributed by atoms with E-state index in [0.717, 1.165) is 70.3 Å². The molecule has 204 valence electrons. The van der Waals surface area contributed by atoms with Crippen LogP contribution in [0.2, 0.25) is 0 Å². The molecule has 0 aromatic heterocycles. The van der Waals surface area contributed by atoms with Crippen LogP contribution in [0, 0.1) is 5.92 Å². The van der Waals surface area contributed by atoms with E-state index in [1.165, 1.54) is 16.7 Å². The van der Waals surface area contributed by atoms with Crippen LogP contribution in [0.25, 0.3) is 0 Å². The maximum atomic E-state index is 6.53. The van der Waals surface area contributed by atoms with Gasteiger partial charge >= 0.3 is 0 Å². The molecule has 7 nitrogen and oxygen atoms in total. The summed E-state index contributed by atoms with van der Waals surface area (Å²) in [5.74, 6) is 1.74. The van der Waals surface area contributed by atoms with Gasteiger partial charge in [0, 0.05) is 45.8 Å². The lowest BCUT2D eigenvalue weighted by Crippen LogP contribution is -2.41. The lowest BCUT2D eigenvalue weighted by atomic mass is 9.87. The van der Waals surface area contributed by atoms with Crippen molar-refractivity contribution in [2.45, 2.75) is 45.0 Å². The number of ether oxygens (including phenoxy) is 5. The Balaban J connectivity index is 1.33. The molecule has 7 heteroatoms. The largest absolute Gasteiger partial charge is 0.490 e. The molecule has 3 atom stereocenters. The van der Waals surface area contributed by atoms with E-state index in [4.69, 9.17) is 23.7 Å². The number of hydrogen-bond donors (Lipinski definition) is 1. The highest BCUT2D eigenvalue weighted by Gasteiger charge is 2.27. The van der Waals surface area contributed by atoms with Crippen LogP contribution in [0.1, 0.15) is 42.4 Å². The van der Waals surface area contributed by atoms with Crippen LogP contribution in [0.15, 0.2) is 42.5 Å². The summed E-state index contributed by atoms with van der Waals surface area (Å²) in [4.78, 5) is 2.40. The van der Waals surface area contributed by atoms with Gasteiger partial charge in [0.25, 0.3) is 0 Å². The van der Waals surface area contributed by atoms with Crippen molar-refractivity contribution in [1.29, 1.82) is 0 Å². The SMILES string of the molecule is COCCCN1CCOc2ccc(CO[C@H]3CNCC[C@@H]3c3ccc(COC[C@@H](C)COC)cc3)cc21. The Bertz CT molecular complexity index is 938. The third kappa shape index (κ3) is 8.16. The van der Waals surface area contributed by atoms with Gasteiger partial charge in [0.1, 0.15) is 12.4 Å². The average molecular weight is 513 g/mol. The number of fused-ring (bicyclic) bond motifs is 1. The Morgan fingerprint density at radius 3 is 2.68 bits per heavy atom.